The molecule has 19 heavy (non-hydrogen) atoms. The first kappa shape index (κ1) is 13.1. The fraction of sp³-hybridized carbons (Fsp3) is 0.286. The normalized spacial score (nSPS) is 10.2. The molecule has 1 aromatic carbocycles. The Morgan fingerprint density at radius 2 is 2.11 bits per heavy atom. The number of hydrogen-bond donors (Lipinski definition) is 2. The molecule has 0 radical (unpaired) electrons. The second kappa shape index (κ2) is 6.04. The first-order valence-corrected chi connectivity index (χ1v) is 6.24. The van der Waals surface area contributed by atoms with E-state index in [1.165, 1.54) is 11.1 Å². The third kappa shape index (κ3) is 3.58. The Kier molecular flexibility index (Phi) is 4.18. The molecular formula is C14H18N4O. The molecule has 100 valence electrons. The van der Waals surface area contributed by atoms with E-state index in [4.69, 9.17) is 0 Å². The Morgan fingerprint density at radius 1 is 1.32 bits per heavy atom. The third-order valence-corrected chi connectivity index (χ3v) is 3.00. The average molecular weight is 258 g/mol. The number of aromatic nitrogens is 2. The van der Waals surface area contributed by atoms with Crippen LogP contribution in [0.25, 0.3) is 0 Å². The van der Waals surface area contributed by atoms with Crippen LogP contribution in [0.15, 0.2) is 36.5 Å². The van der Waals surface area contributed by atoms with Gasteiger partial charge in [-0.05, 0) is 24.5 Å². The van der Waals surface area contributed by atoms with Crippen molar-refractivity contribution in [2.45, 2.75) is 13.3 Å². The monoisotopic (exact) mass is 258 g/mol. The molecule has 1 heterocycles. The lowest BCUT2D eigenvalue weighted by Crippen LogP contribution is -2.31. The van der Waals surface area contributed by atoms with Gasteiger partial charge in [-0.1, -0.05) is 24.3 Å². The summed E-state index contributed by atoms with van der Waals surface area (Å²) in [7, 11) is 1.78. The van der Waals surface area contributed by atoms with E-state index in [-0.39, 0.29) is 6.03 Å². The van der Waals surface area contributed by atoms with Gasteiger partial charge in [-0.3, -0.25) is 10.00 Å². The van der Waals surface area contributed by atoms with Crippen LogP contribution < -0.4 is 10.6 Å². The standard InChI is InChI=1S/C14H18N4O/c1-11-5-3-4-6-12(11)7-9-15-14(19)17-13-8-10-16-18(13)2/h3-6,8,10H,7,9H2,1-2H3,(H2,15,17,19). The fourth-order valence-electron chi connectivity index (χ4n) is 1.86. The number of nitrogens with one attached hydrogen (secondary N) is 2. The van der Waals surface area contributed by atoms with Crippen molar-refractivity contribution >= 4 is 11.8 Å². The zero-order valence-electron chi connectivity index (χ0n) is 11.2. The number of rotatable bonds is 4. The highest BCUT2D eigenvalue weighted by molar-refractivity contribution is 5.88. The van der Waals surface area contributed by atoms with Gasteiger partial charge in [0.05, 0.1) is 6.20 Å². The Balaban J connectivity index is 1.79. The molecule has 2 N–H and O–H groups in total. The van der Waals surface area contributed by atoms with E-state index in [9.17, 15) is 4.79 Å². The van der Waals surface area contributed by atoms with Gasteiger partial charge >= 0.3 is 6.03 Å². The molecule has 0 aliphatic rings. The van der Waals surface area contributed by atoms with Crippen LogP contribution in [-0.4, -0.2) is 22.4 Å². The number of anilines is 1. The molecule has 5 heteroatoms. The van der Waals surface area contributed by atoms with Crippen LogP contribution in [0.2, 0.25) is 0 Å². The van der Waals surface area contributed by atoms with Crippen molar-refractivity contribution in [2.75, 3.05) is 11.9 Å². The number of urea groups is 1. The number of carbonyl (C=O) groups is 1. The third-order valence-electron chi connectivity index (χ3n) is 3.00. The van der Waals surface area contributed by atoms with E-state index >= 15 is 0 Å². The zero-order chi connectivity index (χ0) is 13.7. The smallest absolute Gasteiger partial charge is 0.320 e. The Labute approximate surface area is 112 Å². The first-order valence-electron chi connectivity index (χ1n) is 6.24. The number of benzene rings is 1. The lowest BCUT2D eigenvalue weighted by molar-refractivity contribution is 0.252. The minimum atomic E-state index is -0.211. The van der Waals surface area contributed by atoms with Gasteiger partial charge in [0.1, 0.15) is 5.82 Å². The van der Waals surface area contributed by atoms with Crippen molar-refractivity contribution in [3.05, 3.63) is 47.7 Å². The van der Waals surface area contributed by atoms with Crippen molar-refractivity contribution in [3.8, 4) is 0 Å². The maximum atomic E-state index is 11.7. The molecule has 2 aromatic rings. The number of nitrogens with zero attached hydrogens (tertiary/aromatic N) is 2. The molecule has 0 atom stereocenters. The number of carbonyl (C=O) groups excluding carboxylic acids is 1. The molecule has 5 nitrogen and oxygen atoms in total. The molecule has 0 saturated carbocycles. The quantitative estimate of drug-likeness (QED) is 0.882. The number of hydrogen-bond acceptors (Lipinski definition) is 2. The van der Waals surface area contributed by atoms with Crippen LogP contribution in [0.5, 0.6) is 0 Å². The molecule has 0 unspecified atom stereocenters. The summed E-state index contributed by atoms with van der Waals surface area (Å²) in [6, 6.07) is 9.72. The van der Waals surface area contributed by atoms with E-state index in [2.05, 4.69) is 34.8 Å². The Bertz CT molecular complexity index is 562. The summed E-state index contributed by atoms with van der Waals surface area (Å²) in [6.45, 7) is 2.68. The summed E-state index contributed by atoms with van der Waals surface area (Å²) >= 11 is 0. The zero-order valence-corrected chi connectivity index (χ0v) is 11.2. The van der Waals surface area contributed by atoms with Gasteiger partial charge in [0.15, 0.2) is 0 Å². The Morgan fingerprint density at radius 3 is 2.79 bits per heavy atom. The summed E-state index contributed by atoms with van der Waals surface area (Å²) < 4.78 is 1.61. The predicted octanol–water partition coefficient (Wildman–Crippen LogP) is 2.09. The molecular weight excluding hydrogens is 240 g/mol. The molecule has 0 fully saturated rings. The summed E-state index contributed by atoms with van der Waals surface area (Å²) in [4.78, 5) is 11.7. The lowest BCUT2D eigenvalue weighted by atomic mass is 10.1. The molecule has 2 rings (SSSR count). The maximum absolute atomic E-state index is 11.7. The van der Waals surface area contributed by atoms with Crippen molar-refractivity contribution in [3.63, 3.8) is 0 Å². The van der Waals surface area contributed by atoms with Crippen molar-refractivity contribution < 1.29 is 4.79 Å². The van der Waals surface area contributed by atoms with E-state index < -0.39 is 0 Å². The largest absolute Gasteiger partial charge is 0.337 e. The molecule has 0 bridgehead atoms. The fourth-order valence-corrected chi connectivity index (χ4v) is 1.86. The van der Waals surface area contributed by atoms with E-state index in [0.717, 1.165) is 6.42 Å². The highest BCUT2D eigenvalue weighted by Gasteiger charge is 2.04. The topological polar surface area (TPSA) is 59.0 Å². The molecule has 2 amide bonds. The first-order chi connectivity index (χ1) is 9.16. The predicted molar refractivity (Wildman–Crippen MR) is 75.1 cm³/mol. The minimum Gasteiger partial charge on any atom is -0.337 e. The minimum absolute atomic E-state index is 0.211. The molecule has 0 aliphatic heterocycles. The van der Waals surface area contributed by atoms with E-state index in [0.29, 0.717) is 12.4 Å². The van der Waals surface area contributed by atoms with Crippen LogP contribution in [-0.2, 0) is 13.5 Å². The van der Waals surface area contributed by atoms with Crippen LogP contribution in [0.1, 0.15) is 11.1 Å². The van der Waals surface area contributed by atoms with Gasteiger partial charge < -0.3 is 5.32 Å². The van der Waals surface area contributed by atoms with Gasteiger partial charge in [0, 0.05) is 19.7 Å². The second-order valence-electron chi connectivity index (χ2n) is 4.40. The number of aryl methyl sites for hydroxylation is 2. The van der Waals surface area contributed by atoms with Crippen LogP contribution in [0, 0.1) is 6.92 Å². The Hall–Kier alpha value is -2.30. The number of amides is 2. The van der Waals surface area contributed by atoms with Gasteiger partial charge in [-0.15, -0.1) is 0 Å². The summed E-state index contributed by atoms with van der Waals surface area (Å²) in [5.74, 6) is 0.674. The summed E-state index contributed by atoms with van der Waals surface area (Å²) in [5, 5.41) is 9.56. The molecule has 0 spiro atoms. The SMILES string of the molecule is Cc1ccccc1CCNC(=O)Nc1ccnn1C. The highest BCUT2D eigenvalue weighted by atomic mass is 16.2. The highest BCUT2D eigenvalue weighted by Crippen LogP contribution is 2.07. The van der Waals surface area contributed by atoms with Crippen molar-refractivity contribution in [1.29, 1.82) is 0 Å². The van der Waals surface area contributed by atoms with Gasteiger partial charge in [-0.25, -0.2) is 4.79 Å². The summed E-state index contributed by atoms with van der Waals surface area (Å²) in [5.41, 5.74) is 2.50. The maximum Gasteiger partial charge on any atom is 0.320 e. The van der Waals surface area contributed by atoms with Gasteiger partial charge in [0.25, 0.3) is 0 Å². The lowest BCUT2D eigenvalue weighted by Gasteiger charge is -2.09. The average Bonchev–Trinajstić information content (AvgIpc) is 2.77. The van der Waals surface area contributed by atoms with E-state index in [1.54, 1.807) is 24.0 Å². The molecule has 0 saturated heterocycles. The molecule has 1 aromatic heterocycles. The summed E-state index contributed by atoms with van der Waals surface area (Å²) in [6.07, 6.45) is 2.47. The van der Waals surface area contributed by atoms with Crippen LogP contribution in [0.3, 0.4) is 0 Å². The second-order valence-corrected chi connectivity index (χ2v) is 4.40. The molecule has 0 aliphatic carbocycles. The van der Waals surface area contributed by atoms with Gasteiger partial charge in [0.2, 0.25) is 0 Å². The van der Waals surface area contributed by atoms with E-state index in [1.807, 2.05) is 12.1 Å². The van der Waals surface area contributed by atoms with Crippen molar-refractivity contribution in [1.82, 2.24) is 15.1 Å². The van der Waals surface area contributed by atoms with Gasteiger partial charge in [-0.2, -0.15) is 5.10 Å². The van der Waals surface area contributed by atoms with Crippen molar-refractivity contribution in [2.24, 2.45) is 7.05 Å². The van der Waals surface area contributed by atoms with Crippen LogP contribution >= 0.6 is 0 Å². The van der Waals surface area contributed by atoms with Crippen LogP contribution in [0.4, 0.5) is 10.6 Å².